The molecule has 1 aliphatic rings. The van der Waals surface area contributed by atoms with Crippen LogP contribution in [-0.4, -0.2) is 28.9 Å². The first-order chi connectivity index (χ1) is 9.98. The normalized spacial score (nSPS) is 16.7. The fourth-order valence-electron chi connectivity index (χ4n) is 2.59. The van der Waals surface area contributed by atoms with Crippen molar-refractivity contribution in [1.82, 2.24) is 5.32 Å². The summed E-state index contributed by atoms with van der Waals surface area (Å²) < 4.78 is 0. The van der Waals surface area contributed by atoms with Gasteiger partial charge in [-0.25, -0.2) is 0 Å². The lowest BCUT2D eigenvalue weighted by atomic mass is 10.0. The molecule has 1 aromatic rings. The second kappa shape index (κ2) is 7.05. The molecule has 2 N–H and O–H groups in total. The number of carbonyl (C=O) groups excluding carboxylic acids is 2. The lowest BCUT2D eigenvalue weighted by molar-refractivity contribution is -0.122. The lowest BCUT2D eigenvalue weighted by Crippen LogP contribution is -2.40. The van der Waals surface area contributed by atoms with Gasteiger partial charge in [-0.05, 0) is 25.0 Å². The van der Waals surface area contributed by atoms with E-state index >= 15 is 0 Å². The average molecular weight is 310 g/mol. The quantitative estimate of drug-likeness (QED) is 0.794. The molecule has 0 bridgehead atoms. The molecule has 0 spiro atoms. The van der Waals surface area contributed by atoms with E-state index in [0.717, 1.165) is 25.7 Å². The van der Waals surface area contributed by atoms with Crippen LogP contribution in [0.3, 0.4) is 0 Å². The maximum absolute atomic E-state index is 11.9. The summed E-state index contributed by atoms with van der Waals surface area (Å²) in [6, 6.07) is 6.70. The first-order valence-corrected chi connectivity index (χ1v) is 7.64. The molecule has 0 aliphatic heterocycles. The van der Waals surface area contributed by atoms with Crippen LogP contribution in [0.2, 0.25) is 5.02 Å². The standard InChI is InChI=1S/C16H20ClNO3/c17-13-5-3-4-12(10-13)14(19)6-7-15(20)18-11-16(21)8-1-2-9-16/h3-5,10,21H,1-2,6-9,11H2,(H,18,20). The Labute approximate surface area is 129 Å². The van der Waals surface area contributed by atoms with Gasteiger partial charge in [-0.15, -0.1) is 0 Å². The summed E-state index contributed by atoms with van der Waals surface area (Å²) in [6.07, 6.45) is 3.73. The van der Waals surface area contributed by atoms with Crippen molar-refractivity contribution in [2.75, 3.05) is 6.54 Å². The van der Waals surface area contributed by atoms with Crippen LogP contribution in [0.4, 0.5) is 0 Å². The molecule has 1 aromatic carbocycles. The summed E-state index contributed by atoms with van der Waals surface area (Å²) in [6.45, 7) is 0.275. The summed E-state index contributed by atoms with van der Waals surface area (Å²) in [7, 11) is 0. The van der Waals surface area contributed by atoms with Crippen molar-refractivity contribution >= 4 is 23.3 Å². The highest BCUT2D eigenvalue weighted by Gasteiger charge is 2.31. The zero-order valence-electron chi connectivity index (χ0n) is 11.9. The largest absolute Gasteiger partial charge is 0.388 e. The summed E-state index contributed by atoms with van der Waals surface area (Å²) in [5.41, 5.74) is -0.239. The zero-order chi connectivity index (χ0) is 15.3. The van der Waals surface area contributed by atoms with Gasteiger partial charge >= 0.3 is 0 Å². The van der Waals surface area contributed by atoms with E-state index in [4.69, 9.17) is 11.6 Å². The highest BCUT2D eigenvalue weighted by atomic mass is 35.5. The first kappa shape index (κ1) is 16.0. The van der Waals surface area contributed by atoms with Crippen molar-refractivity contribution < 1.29 is 14.7 Å². The van der Waals surface area contributed by atoms with Crippen molar-refractivity contribution in [3.05, 3.63) is 34.9 Å². The minimum absolute atomic E-state index is 0.104. The van der Waals surface area contributed by atoms with Gasteiger partial charge in [-0.1, -0.05) is 36.6 Å². The van der Waals surface area contributed by atoms with Crippen LogP contribution in [0, 0.1) is 0 Å². The molecular weight excluding hydrogens is 290 g/mol. The molecule has 1 aliphatic carbocycles. The molecule has 1 saturated carbocycles. The SMILES string of the molecule is O=C(CCC(=O)c1cccc(Cl)c1)NCC1(O)CCCC1. The number of rotatable bonds is 6. The van der Waals surface area contributed by atoms with Gasteiger partial charge in [0.15, 0.2) is 5.78 Å². The van der Waals surface area contributed by atoms with Gasteiger partial charge in [-0.2, -0.15) is 0 Å². The van der Waals surface area contributed by atoms with Gasteiger partial charge in [-0.3, -0.25) is 9.59 Å². The van der Waals surface area contributed by atoms with Crippen LogP contribution in [0.5, 0.6) is 0 Å². The smallest absolute Gasteiger partial charge is 0.220 e. The van der Waals surface area contributed by atoms with Crippen molar-refractivity contribution in [2.45, 2.75) is 44.1 Å². The third-order valence-electron chi connectivity index (χ3n) is 3.87. The molecule has 114 valence electrons. The van der Waals surface area contributed by atoms with Crippen molar-refractivity contribution in [2.24, 2.45) is 0 Å². The number of halogens is 1. The van der Waals surface area contributed by atoms with Crippen LogP contribution in [0.1, 0.15) is 48.9 Å². The number of benzene rings is 1. The molecule has 0 radical (unpaired) electrons. The van der Waals surface area contributed by atoms with Crippen molar-refractivity contribution in [3.8, 4) is 0 Å². The van der Waals surface area contributed by atoms with Gasteiger partial charge in [0.25, 0.3) is 0 Å². The minimum Gasteiger partial charge on any atom is -0.388 e. The number of hydrogen-bond donors (Lipinski definition) is 2. The molecule has 1 amide bonds. The molecule has 0 atom stereocenters. The van der Waals surface area contributed by atoms with Crippen LogP contribution >= 0.6 is 11.6 Å². The van der Waals surface area contributed by atoms with Crippen molar-refractivity contribution in [1.29, 1.82) is 0 Å². The van der Waals surface area contributed by atoms with E-state index in [0.29, 0.717) is 10.6 Å². The van der Waals surface area contributed by atoms with Gasteiger partial charge in [0.1, 0.15) is 0 Å². The number of nitrogens with one attached hydrogen (secondary N) is 1. The van der Waals surface area contributed by atoms with E-state index in [-0.39, 0.29) is 31.1 Å². The molecule has 5 heteroatoms. The van der Waals surface area contributed by atoms with Crippen molar-refractivity contribution in [3.63, 3.8) is 0 Å². The predicted molar refractivity (Wildman–Crippen MR) is 81.4 cm³/mol. The molecule has 0 unspecified atom stereocenters. The molecule has 1 fully saturated rings. The number of ketones is 1. The minimum atomic E-state index is -0.757. The van der Waals surface area contributed by atoms with Crippen LogP contribution < -0.4 is 5.32 Å². The Morgan fingerprint density at radius 2 is 1.95 bits per heavy atom. The fourth-order valence-corrected chi connectivity index (χ4v) is 2.79. The van der Waals surface area contributed by atoms with E-state index in [9.17, 15) is 14.7 Å². The molecule has 2 rings (SSSR count). The zero-order valence-corrected chi connectivity index (χ0v) is 12.7. The Morgan fingerprint density at radius 3 is 2.62 bits per heavy atom. The summed E-state index contributed by atoms with van der Waals surface area (Å²) in [5.74, 6) is -0.307. The molecule has 4 nitrogen and oxygen atoms in total. The highest BCUT2D eigenvalue weighted by molar-refractivity contribution is 6.31. The molecule has 0 aromatic heterocycles. The Balaban J connectivity index is 1.75. The number of carbonyl (C=O) groups is 2. The predicted octanol–water partition coefficient (Wildman–Crippen LogP) is 2.72. The Kier molecular flexibility index (Phi) is 5.37. The van der Waals surface area contributed by atoms with Gasteiger partial charge in [0.2, 0.25) is 5.91 Å². The second-order valence-electron chi connectivity index (χ2n) is 5.64. The summed E-state index contributed by atoms with van der Waals surface area (Å²) in [5, 5.41) is 13.4. The average Bonchev–Trinajstić information content (AvgIpc) is 2.90. The van der Waals surface area contributed by atoms with E-state index in [1.54, 1.807) is 24.3 Å². The lowest BCUT2D eigenvalue weighted by Gasteiger charge is -2.22. The molecular formula is C16H20ClNO3. The number of Topliss-reactive ketones (excluding diaryl/α,β-unsaturated/α-hetero) is 1. The first-order valence-electron chi connectivity index (χ1n) is 7.26. The summed E-state index contributed by atoms with van der Waals surface area (Å²) in [4.78, 5) is 23.7. The van der Waals surface area contributed by atoms with Crippen LogP contribution in [0.25, 0.3) is 0 Å². The molecule has 0 saturated heterocycles. The maximum atomic E-state index is 11.9. The monoisotopic (exact) mass is 309 g/mol. The maximum Gasteiger partial charge on any atom is 0.220 e. The number of hydrogen-bond acceptors (Lipinski definition) is 3. The van der Waals surface area contributed by atoms with E-state index in [1.165, 1.54) is 0 Å². The van der Waals surface area contributed by atoms with Gasteiger partial charge in [0.05, 0.1) is 5.60 Å². The van der Waals surface area contributed by atoms with E-state index in [1.807, 2.05) is 0 Å². The Hall–Kier alpha value is -1.39. The fraction of sp³-hybridized carbons (Fsp3) is 0.500. The van der Waals surface area contributed by atoms with E-state index in [2.05, 4.69) is 5.32 Å². The van der Waals surface area contributed by atoms with Crippen LogP contribution in [0.15, 0.2) is 24.3 Å². The van der Waals surface area contributed by atoms with E-state index < -0.39 is 5.60 Å². The number of aliphatic hydroxyl groups is 1. The van der Waals surface area contributed by atoms with Gasteiger partial charge in [0, 0.05) is 30.0 Å². The molecule has 0 heterocycles. The van der Waals surface area contributed by atoms with Crippen LogP contribution in [-0.2, 0) is 4.79 Å². The third-order valence-corrected chi connectivity index (χ3v) is 4.11. The highest BCUT2D eigenvalue weighted by Crippen LogP contribution is 2.28. The topological polar surface area (TPSA) is 66.4 Å². The third kappa shape index (κ3) is 4.83. The number of amides is 1. The Bertz CT molecular complexity index is 524. The van der Waals surface area contributed by atoms with Gasteiger partial charge < -0.3 is 10.4 Å². The second-order valence-corrected chi connectivity index (χ2v) is 6.08. The summed E-state index contributed by atoms with van der Waals surface area (Å²) >= 11 is 5.83. The molecule has 21 heavy (non-hydrogen) atoms. The Morgan fingerprint density at radius 1 is 1.24 bits per heavy atom.